The topological polar surface area (TPSA) is 12.5 Å². The summed E-state index contributed by atoms with van der Waals surface area (Å²) >= 11 is 6.23. The van der Waals surface area contributed by atoms with Gasteiger partial charge in [0.05, 0.1) is 0 Å². The molecule has 15 heavy (non-hydrogen) atoms. The first-order valence-electron chi connectivity index (χ1n) is 5.30. The first-order valence-corrected chi connectivity index (χ1v) is 7.42. The van der Waals surface area contributed by atoms with Crippen molar-refractivity contribution in [1.29, 1.82) is 0 Å². The van der Waals surface area contributed by atoms with E-state index >= 15 is 0 Å². The molecule has 0 saturated carbocycles. The summed E-state index contributed by atoms with van der Waals surface area (Å²) in [7, 11) is -0.863. The molecule has 0 N–H and O–H groups in total. The molecule has 4 heteroatoms. The average molecular weight is 242 g/mol. The normalized spacial score (nSPS) is 35.7. The molecule has 2 fully saturated rings. The Morgan fingerprint density at radius 3 is 2.93 bits per heavy atom. The van der Waals surface area contributed by atoms with Gasteiger partial charge in [0.2, 0.25) is 7.65 Å². The van der Waals surface area contributed by atoms with Crippen LogP contribution < -0.4 is 0 Å². The maximum atomic E-state index is 6.23. The minimum atomic E-state index is -0.863. The van der Waals surface area contributed by atoms with Crippen LogP contribution in [0.2, 0.25) is 0 Å². The second-order valence-electron chi connectivity index (χ2n) is 4.04. The maximum Gasteiger partial charge on any atom is 0.207 e. The molecule has 0 aromatic heterocycles. The largest absolute Gasteiger partial charge is 0.322 e. The zero-order chi connectivity index (χ0) is 10.3. The lowest BCUT2D eigenvalue weighted by molar-refractivity contribution is 0.216. The smallest absolute Gasteiger partial charge is 0.207 e. The lowest BCUT2D eigenvalue weighted by Crippen LogP contribution is -2.21. The molecule has 2 aliphatic rings. The molecule has 0 bridgehead atoms. The molecule has 0 spiro atoms. The van der Waals surface area contributed by atoms with Gasteiger partial charge in [0.25, 0.3) is 0 Å². The summed E-state index contributed by atoms with van der Waals surface area (Å²) < 4.78 is 8.20. The molecule has 3 rings (SSSR count). The molecule has 2 nitrogen and oxygen atoms in total. The highest BCUT2D eigenvalue weighted by Crippen LogP contribution is 2.62. The minimum absolute atomic E-state index is 0.192. The number of rotatable bonds is 1. The van der Waals surface area contributed by atoms with Gasteiger partial charge in [-0.3, -0.25) is 0 Å². The van der Waals surface area contributed by atoms with Crippen molar-refractivity contribution in [1.82, 2.24) is 4.67 Å². The van der Waals surface area contributed by atoms with Crippen LogP contribution in [0.25, 0.3) is 0 Å². The van der Waals surface area contributed by atoms with Crippen molar-refractivity contribution < 1.29 is 4.52 Å². The zero-order valence-electron chi connectivity index (χ0n) is 8.34. The standard InChI is InChI=1S/C11H13ClNOP/c12-15-13-8-4-7-10(13)11(14-15)9-5-2-1-3-6-9/h1-3,5-6,10-11H,4,7-8H2. The Balaban J connectivity index is 1.88. The number of hydrogen-bond donors (Lipinski definition) is 0. The molecule has 3 atom stereocenters. The molecule has 0 aliphatic carbocycles. The minimum Gasteiger partial charge on any atom is -0.322 e. The van der Waals surface area contributed by atoms with Crippen LogP contribution in [-0.2, 0) is 4.52 Å². The average Bonchev–Trinajstić information content (AvgIpc) is 2.84. The predicted octanol–water partition coefficient (Wildman–Crippen LogP) is 3.69. The van der Waals surface area contributed by atoms with Crippen molar-refractivity contribution in [3.05, 3.63) is 35.9 Å². The first kappa shape index (κ1) is 10.0. The van der Waals surface area contributed by atoms with Crippen LogP contribution >= 0.6 is 18.9 Å². The Kier molecular flexibility index (Phi) is 2.70. The fraction of sp³-hybridized carbons (Fsp3) is 0.455. The van der Waals surface area contributed by atoms with Gasteiger partial charge < -0.3 is 4.52 Å². The third kappa shape index (κ3) is 1.70. The molecule has 1 aromatic carbocycles. The first-order chi connectivity index (χ1) is 7.36. The summed E-state index contributed by atoms with van der Waals surface area (Å²) in [6.07, 6.45) is 2.66. The van der Waals surface area contributed by atoms with Crippen molar-refractivity contribution in [2.24, 2.45) is 0 Å². The predicted molar refractivity (Wildman–Crippen MR) is 62.8 cm³/mol. The summed E-state index contributed by atoms with van der Waals surface area (Å²) in [5, 5.41) is 0. The van der Waals surface area contributed by atoms with E-state index in [0.29, 0.717) is 6.04 Å². The second kappa shape index (κ2) is 4.03. The fourth-order valence-electron chi connectivity index (χ4n) is 2.43. The lowest BCUT2D eigenvalue weighted by Gasteiger charge is -2.17. The Labute approximate surface area is 95.9 Å². The van der Waals surface area contributed by atoms with Crippen molar-refractivity contribution >= 4 is 18.9 Å². The van der Waals surface area contributed by atoms with Crippen LogP contribution in [0.3, 0.4) is 0 Å². The fourth-order valence-corrected chi connectivity index (χ4v) is 4.59. The molecule has 0 amide bonds. The van der Waals surface area contributed by atoms with Gasteiger partial charge in [-0.15, -0.1) is 0 Å². The van der Waals surface area contributed by atoms with E-state index in [1.54, 1.807) is 0 Å². The highest BCUT2D eigenvalue weighted by atomic mass is 35.7. The van der Waals surface area contributed by atoms with E-state index in [9.17, 15) is 0 Å². The zero-order valence-corrected chi connectivity index (χ0v) is 9.99. The van der Waals surface area contributed by atoms with E-state index in [1.807, 2.05) is 6.07 Å². The lowest BCUT2D eigenvalue weighted by atomic mass is 10.0. The van der Waals surface area contributed by atoms with Crippen molar-refractivity contribution in [2.45, 2.75) is 25.0 Å². The highest BCUT2D eigenvalue weighted by molar-refractivity contribution is 7.78. The molecule has 0 radical (unpaired) electrons. The van der Waals surface area contributed by atoms with Crippen LogP contribution in [0.5, 0.6) is 0 Å². The monoisotopic (exact) mass is 241 g/mol. The molecular weight excluding hydrogens is 229 g/mol. The van der Waals surface area contributed by atoms with Gasteiger partial charge in [0.15, 0.2) is 0 Å². The number of fused-ring (bicyclic) bond motifs is 1. The van der Waals surface area contributed by atoms with Gasteiger partial charge in [-0.05, 0) is 29.6 Å². The van der Waals surface area contributed by atoms with Crippen LogP contribution in [0.4, 0.5) is 0 Å². The second-order valence-corrected chi connectivity index (χ2v) is 6.08. The highest BCUT2D eigenvalue weighted by Gasteiger charge is 2.45. The maximum absolute atomic E-state index is 6.23. The summed E-state index contributed by atoms with van der Waals surface area (Å²) in [6, 6.07) is 10.9. The van der Waals surface area contributed by atoms with E-state index in [4.69, 9.17) is 15.8 Å². The van der Waals surface area contributed by atoms with Crippen LogP contribution in [0, 0.1) is 0 Å². The number of benzene rings is 1. The Morgan fingerprint density at radius 2 is 2.13 bits per heavy atom. The summed E-state index contributed by atoms with van der Waals surface area (Å²) in [6.45, 7) is 1.10. The van der Waals surface area contributed by atoms with Crippen LogP contribution in [0.15, 0.2) is 30.3 Å². The van der Waals surface area contributed by atoms with Crippen molar-refractivity contribution in [2.75, 3.05) is 6.54 Å². The Bertz CT molecular complexity index is 348. The molecule has 80 valence electrons. The van der Waals surface area contributed by atoms with Gasteiger partial charge in [0, 0.05) is 12.6 Å². The molecule has 3 unspecified atom stereocenters. The van der Waals surface area contributed by atoms with E-state index in [1.165, 1.54) is 18.4 Å². The van der Waals surface area contributed by atoms with Gasteiger partial charge in [-0.2, -0.15) is 0 Å². The van der Waals surface area contributed by atoms with E-state index in [2.05, 4.69) is 28.9 Å². The Hall–Kier alpha value is -0.140. The number of halogens is 1. The number of hydrogen-bond acceptors (Lipinski definition) is 2. The summed E-state index contributed by atoms with van der Waals surface area (Å²) in [5.74, 6) is 0. The number of nitrogens with zero attached hydrogens (tertiary/aromatic N) is 1. The molecular formula is C11H13ClNOP. The van der Waals surface area contributed by atoms with Gasteiger partial charge in [-0.25, -0.2) is 4.67 Å². The van der Waals surface area contributed by atoms with Gasteiger partial charge in [-0.1, -0.05) is 30.3 Å². The SMILES string of the molecule is ClP1OC(c2ccccc2)C2CCCN21. The van der Waals surface area contributed by atoms with Gasteiger partial charge >= 0.3 is 0 Å². The van der Waals surface area contributed by atoms with Crippen molar-refractivity contribution in [3.8, 4) is 0 Å². The third-order valence-corrected chi connectivity index (χ3v) is 5.27. The van der Waals surface area contributed by atoms with E-state index < -0.39 is 7.65 Å². The van der Waals surface area contributed by atoms with Crippen LogP contribution in [0.1, 0.15) is 24.5 Å². The quantitative estimate of drug-likeness (QED) is 0.696. The summed E-state index contributed by atoms with van der Waals surface area (Å²) in [5.41, 5.74) is 1.26. The molecule has 2 heterocycles. The van der Waals surface area contributed by atoms with E-state index in [0.717, 1.165) is 6.54 Å². The molecule has 2 saturated heterocycles. The van der Waals surface area contributed by atoms with E-state index in [-0.39, 0.29) is 6.10 Å². The summed E-state index contributed by atoms with van der Waals surface area (Å²) in [4.78, 5) is 0. The molecule has 2 aliphatic heterocycles. The molecule has 1 aromatic rings. The third-order valence-electron chi connectivity index (χ3n) is 3.15. The Morgan fingerprint density at radius 1 is 1.33 bits per heavy atom. The van der Waals surface area contributed by atoms with Gasteiger partial charge in [0.1, 0.15) is 6.10 Å². The van der Waals surface area contributed by atoms with Crippen molar-refractivity contribution in [3.63, 3.8) is 0 Å². The van der Waals surface area contributed by atoms with Crippen LogP contribution in [-0.4, -0.2) is 17.3 Å².